The van der Waals surface area contributed by atoms with E-state index in [4.69, 9.17) is 16.7 Å². The van der Waals surface area contributed by atoms with Gasteiger partial charge in [-0.2, -0.15) is 0 Å². The molecular weight excluding hydrogens is 192 g/mol. The maximum absolute atomic E-state index is 11.0. The molecule has 0 heterocycles. The first-order chi connectivity index (χ1) is 6.13. The Hall–Kier alpha value is -0.830. The maximum atomic E-state index is 11.0. The molecule has 1 N–H and O–H groups in total. The molecule has 4 heteroatoms. The van der Waals surface area contributed by atoms with Gasteiger partial charge in [-0.15, -0.1) is 11.6 Å². The molecule has 0 unspecified atom stereocenters. The number of carbonyl (C=O) groups excluding carboxylic acids is 1. The lowest BCUT2D eigenvalue weighted by atomic mass is 10.1. The van der Waals surface area contributed by atoms with E-state index in [1.54, 1.807) is 13.0 Å². The van der Waals surface area contributed by atoms with Crippen molar-refractivity contribution in [2.45, 2.75) is 26.2 Å². The molecular formula is C9H13ClO3. The minimum atomic E-state index is -1.39. The first-order valence-electron chi connectivity index (χ1n) is 4.16. The van der Waals surface area contributed by atoms with Crippen LogP contribution < -0.4 is 0 Å². The van der Waals surface area contributed by atoms with Crippen LogP contribution in [0.25, 0.3) is 0 Å². The Labute approximate surface area is 82.4 Å². The summed E-state index contributed by atoms with van der Waals surface area (Å²) in [6, 6.07) is 0. The highest BCUT2D eigenvalue weighted by Crippen LogP contribution is 2.06. The highest BCUT2D eigenvalue weighted by molar-refractivity contribution is 6.39. The lowest BCUT2D eigenvalue weighted by Crippen LogP contribution is -2.14. The van der Waals surface area contributed by atoms with Crippen molar-refractivity contribution in [2.24, 2.45) is 0 Å². The van der Waals surface area contributed by atoms with Gasteiger partial charge >= 0.3 is 5.97 Å². The average molecular weight is 205 g/mol. The van der Waals surface area contributed by atoms with Gasteiger partial charge in [0.05, 0.1) is 0 Å². The molecule has 3 nitrogen and oxygen atoms in total. The highest BCUT2D eigenvalue weighted by Gasteiger charge is 2.14. The molecule has 0 aliphatic carbocycles. The number of carboxylic acid groups (broad SMARTS) is 1. The molecule has 0 bridgehead atoms. The number of allylic oxidation sites excluding steroid dienone is 1. The normalized spacial score (nSPS) is 11.4. The van der Waals surface area contributed by atoms with Gasteiger partial charge in [-0.05, 0) is 19.3 Å². The Morgan fingerprint density at radius 3 is 2.46 bits per heavy atom. The number of ketones is 1. The zero-order valence-electron chi connectivity index (χ0n) is 7.55. The van der Waals surface area contributed by atoms with Crippen molar-refractivity contribution < 1.29 is 14.7 Å². The van der Waals surface area contributed by atoms with Crippen LogP contribution in [0.15, 0.2) is 11.6 Å². The molecule has 0 aromatic carbocycles. The number of carboxylic acids is 1. The number of rotatable bonds is 6. The summed E-state index contributed by atoms with van der Waals surface area (Å²) in [6.07, 6.45) is 3.52. The van der Waals surface area contributed by atoms with Crippen molar-refractivity contribution >= 4 is 23.4 Å². The van der Waals surface area contributed by atoms with Crippen LogP contribution >= 0.6 is 11.6 Å². The van der Waals surface area contributed by atoms with E-state index < -0.39 is 11.8 Å². The topological polar surface area (TPSA) is 54.4 Å². The van der Waals surface area contributed by atoms with E-state index in [9.17, 15) is 9.59 Å². The minimum Gasteiger partial charge on any atom is -0.475 e. The van der Waals surface area contributed by atoms with Gasteiger partial charge in [0.1, 0.15) is 0 Å². The summed E-state index contributed by atoms with van der Waals surface area (Å²) in [5, 5.41) is 8.42. The molecule has 0 aromatic rings. The lowest BCUT2D eigenvalue weighted by molar-refractivity contribution is -0.147. The summed E-state index contributed by atoms with van der Waals surface area (Å²) in [4.78, 5) is 21.3. The van der Waals surface area contributed by atoms with E-state index in [1.807, 2.05) is 0 Å². The molecule has 13 heavy (non-hydrogen) atoms. The third kappa shape index (κ3) is 4.68. The average Bonchev–Trinajstić information content (AvgIpc) is 2.11. The lowest BCUT2D eigenvalue weighted by Gasteiger charge is -1.98. The van der Waals surface area contributed by atoms with Crippen LogP contribution in [-0.4, -0.2) is 22.7 Å². The van der Waals surface area contributed by atoms with Crippen molar-refractivity contribution in [3.8, 4) is 0 Å². The summed E-state index contributed by atoms with van der Waals surface area (Å²) < 4.78 is 0. The molecule has 0 saturated carbocycles. The van der Waals surface area contributed by atoms with Crippen molar-refractivity contribution in [1.82, 2.24) is 0 Å². The van der Waals surface area contributed by atoms with E-state index in [0.29, 0.717) is 24.3 Å². The maximum Gasteiger partial charge on any atom is 0.376 e. The number of alkyl halides is 1. The second-order valence-electron chi connectivity index (χ2n) is 2.55. The van der Waals surface area contributed by atoms with Crippen molar-refractivity contribution in [1.29, 1.82) is 0 Å². The largest absolute Gasteiger partial charge is 0.475 e. The Balaban J connectivity index is 4.23. The van der Waals surface area contributed by atoms with Crippen LogP contribution in [0.5, 0.6) is 0 Å². The molecule has 74 valence electrons. The van der Waals surface area contributed by atoms with Gasteiger partial charge in [-0.25, -0.2) is 4.79 Å². The van der Waals surface area contributed by atoms with E-state index >= 15 is 0 Å². The monoisotopic (exact) mass is 204 g/mol. The summed E-state index contributed by atoms with van der Waals surface area (Å²) >= 11 is 5.44. The Bertz CT molecular complexity index is 221. The fourth-order valence-corrected chi connectivity index (χ4v) is 1.04. The number of Topliss-reactive ketones (excluding diaryl/α,β-unsaturated/α-hetero) is 1. The second-order valence-corrected chi connectivity index (χ2v) is 2.93. The molecule has 0 saturated heterocycles. The van der Waals surface area contributed by atoms with E-state index in [-0.39, 0.29) is 0 Å². The van der Waals surface area contributed by atoms with E-state index in [2.05, 4.69) is 0 Å². The van der Waals surface area contributed by atoms with Gasteiger partial charge in [0.25, 0.3) is 5.78 Å². The smallest absolute Gasteiger partial charge is 0.376 e. The van der Waals surface area contributed by atoms with E-state index in [1.165, 1.54) is 0 Å². The number of halogens is 1. The fourth-order valence-electron chi connectivity index (χ4n) is 0.888. The van der Waals surface area contributed by atoms with Crippen LogP contribution in [0.3, 0.4) is 0 Å². The van der Waals surface area contributed by atoms with Gasteiger partial charge in [0.2, 0.25) is 0 Å². The zero-order valence-corrected chi connectivity index (χ0v) is 8.30. The minimum absolute atomic E-state index is 0.359. The number of hydrogen-bond acceptors (Lipinski definition) is 2. The van der Waals surface area contributed by atoms with Crippen molar-refractivity contribution in [3.63, 3.8) is 0 Å². The Morgan fingerprint density at radius 1 is 1.46 bits per heavy atom. The Kier molecular flexibility index (Phi) is 6.24. The number of aliphatic carboxylic acids is 1. The molecule has 0 spiro atoms. The summed E-state index contributed by atoms with van der Waals surface area (Å²) in [5.74, 6) is -1.68. The number of carbonyl (C=O) groups is 2. The zero-order chi connectivity index (χ0) is 10.3. The van der Waals surface area contributed by atoms with Gasteiger partial charge in [-0.1, -0.05) is 13.0 Å². The third-order valence-corrected chi connectivity index (χ3v) is 1.86. The standard InChI is InChI=1S/C9H13ClO3/c1-2-7(5-3-4-6-10)8(11)9(12)13/h5H,2-4,6H2,1H3,(H,12,13). The van der Waals surface area contributed by atoms with Crippen LogP contribution in [0.1, 0.15) is 26.2 Å². The van der Waals surface area contributed by atoms with Crippen molar-refractivity contribution in [2.75, 3.05) is 5.88 Å². The quantitative estimate of drug-likeness (QED) is 0.312. The molecule has 0 rings (SSSR count). The second kappa shape index (κ2) is 6.66. The van der Waals surface area contributed by atoms with Crippen LogP contribution in [0.2, 0.25) is 0 Å². The van der Waals surface area contributed by atoms with Gasteiger partial charge in [0.15, 0.2) is 0 Å². The summed E-state index contributed by atoms with van der Waals surface area (Å²) in [6.45, 7) is 1.76. The molecule has 0 aliphatic heterocycles. The molecule has 0 aromatic heterocycles. The first-order valence-corrected chi connectivity index (χ1v) is 4.69. The highest BCUT2D eigenvalue weighted by atomic mass is 35.5. The number of hydrogen-bond donors (Lipinski definition) is 1. The fraction of sp³-hybridized carbons (Fsp3) is 0.556. The molecule has 0 amide bonds. The number of unbranched alkanes of at least 4 members (excludes halogenated alkanes) is 1. The molecule has 0 atom stereocenters. The third-order valence-electron chi connectivity index (χ3n) is 1.60. The van der Waals surface area contributed by atoms with Gasteiger partial charge < -0.3 is 5.11 Å². The first kappa shape index (κ1) is 12.2. The van der Waals surface area contributed by atoms with Crippen LogP contribution in [0.4, 0.5) is 0 Å². The predicted molar refractivity (Wildman–Crippen MR) is 51.0 cm³/mol. The predicted octanol–water partition coefficient (Wildman–Crippen LogP) is 2.00. The van der Waals surface area contributed by atoms with E-state index in [0.717, 1.165) is 6.42 Å². The molecule has 0 radical (unpaired) electrons. The summed E-state index contributed by atoms with van der Waals surface area (Å²) in [5.41, 5.74) is 0.359. The Morgan fingerprint density at radius 2 is 2.08 bits per heavy atom. The van der Waals surface area contributed by atoms with Crippen LogP contribution in [-0.2, 0) is 9.59 Å². The molecule has 0 fully saturated rings. The van der Waals surface area contributed by atoms with Gasteiger partial charge in [-0.3, -0.25) is 4.79 Å². The summed E-state index contributed by atoms with van der Waals surface area (Å²) in [7, 11) is 0. The van der Waals surface area contributed by atoms with Gasteiger partial charge in [0, 0.05) is 11.5 Å². The van der Waals surface area contributed by atoms with Crippen molar-refractivity contribution in [3.05, 3.63) is 11.6 Å². The SMILES string of the molecule is CCC(=CCCCCl)C(=O)C(=O)O. The van der Waals surface area contributed by atoms with Crippen LogP contribution in [0, 0.1) is 0 Å². The molecule has 0 aliphatic rings.